The van der Waals surface area contributed by atoms with Gasteiger partial charge in [0.15, 0.2) is 0 Å². The first-order chi connectivity index (χ1) is 17.1. The van der Waals surface area contributed by atoms with E-state index in [2.05, 4.69) is 53.9 Å². The average Bonchev–Trinajstić information content (AvgIpc) is 3.29. The number of benzene rings is 1. The van der Waals surface area contributed by atoms with Crippen LogP contribution in [0.25, 0.3) is 33.6 Å². The van der Waals surface area contributed by atoms with Gasteiger partial charge in [-0.2, -0.15) is 6.07 Å². The van der Waals surface area contributed by atoms with Crippen molar-refractivity contribution >= 4 is 11.1 Å². The van der Waals surface area contributed by atoms with Gasteiger partial charge >= 0.3 is 0 Å². The fourth-order valence-corrected chi connectivity index (χ4v) is 4.65. The molecule has 4 heterocycles. The third-order valence-corrected chi connectivity index (χ3v) is 6.45. The van der Waals surface area contributed by atoms with Crippen LogP contribution < -0.4 is 0 Å². The fraction of sp³-hybridized carbons (Fsp3) is 0.258. The van der Waals surface area contributed by atoms with Crippen LogP contribution >= 0.6 is 0 Å². The van der Waals surface area contributed by atoms with Crippen LogP contribution in [-0.2, 0) is 32.9 Å². The maximum atomic E-state index is 6.17. The molecule has 0 amide bonds. The number of fused-ring (bicyclic) bond motifs is 3. The SMILES string of the molecule is Cc1cnc(-c2[c-]cnc3c4c(oc23)CCCC4)cc1C(C)C.[Ir].[c-]1ccccc1-c1ccccn1. The molecule has 5 heteroatoms. The Bertz CT molecular complexity index is 1390. The first-order valence-corrected chi connectivity index (χ1v) is 12.3. The topological polar surface area (TPSA) is 51.8 Å². The summed E-state index contributed by atoms with van der Waals surface area (Å²) in [5.41, 5.74) is 9.57. The van der Waals surface area contributed by atoms with E-state index in [0.29, 0.717) is 5.92 Å². The van der Waals surface area contributed by atoms with E-state index in [4.69, 9.17) is 4.42 Å². The molecule has 4 aromatic heterocycles. The van der Waals surface area contributed by atoms with Gasteiger partial charge in [0.05, 0.1) is 11.3 Å². The summed E-state index contributed by atoms with van der Waals surface area (Å²) in [6, 6.07) is 22.2. The Morgan fingerprint density at radius 1 is 0.917 bits per heavy atom. The summed E-state index contributed by atoms with van der Waals surface area (Å²) in [5.74, 6) is 1.58. The molecule has 6 rings (SSSR count). The second kappa shape index (κ2) is 11.7. The van der Waals surface area contributed by atoms with Crippen LogP contribution in [0.4, 0.5) is 0 Å². The quantitative estimate of drug-likeness (QED) is 0.189. The van der Waals surface area contributed by atoms with Gasteiger partial charge in [0.1, 0.15) is 0 Å². The first kappa shape index (κ1) is 25.9. The second-order valence-corrected chi connectivity index (χ2v) is 9.24. The summed E-state index contributed by atoms with van der Waals surface area (Å²) in [6.07, 6.45) is 10.0. The van der Waals surface area contributed by atoms with Crippen molar-refractivity contribution in [2.24, 2.45) is 0 Å². The van der Waals surface area contributed by atoms with Crippen molar-refractivity contribution in [1.82, 2.24) is 15.0 Å². The molecule has 0 atom stereocenters. The van der Waals surface area contributed by atoms with Crippen molar-refractivity contribution in [1.29, 1.82) is 0 Å². The molecule has 0 N–H and O–H groups in total. The van der Waals surface area contributed by atoms with Crippen LogP contribution in [0.2, 0.25) is 0 Å². The maximum Gasteiger partial charge on any atom is 0.0915 e. The summed E-state index contributed by atoms with van der Waals surface area (Å²) < 4.78 is 6.17. The molecular weight excluding hydrogens is 623 g/mol. The predicted molar refractivity (Wildman–Crippen MR) is 140 cm³/mol. The Morgan fingerprint density at radius 2 is 1.75 bits per heavy atom. The number of aryl methyl sites for hydroxylation is 3. The van der Waals surface area contributed by atoms with E-state index in [1.54, 1.807) is 12.4 Å². The molecule has 36 heavy (non-hydrogen) atoms. The van der Waals surface area contributed by atoms with Gasteiger partial charge in [-0.15, -0.1) is 41.5 Å². The zero-order chi connectivity index (χ0) is 24.2. The van der Waals surface area contributed by atoms with Gasteiger partial charge in [0, 0.05) is 50.1 Å². The van der Waals surface area contributed by atoms with Crippen molar-refractivity contribution in [3.8, 4) is 22.5 Å². The number of nitrogens with zero attached hydrogens (tertiary/aromatic N) is 3. The van der Waals surface area contributed by atoms with E-state index in [1.807, 2.05) is 48.7 Å². The molecule has 0 fully saturated rings. The van der Waals surface area contributed by atoms with E-state index in [-0.39, 0.29) is 20.1 Å². The predicted octanol–water partition coefficient (Wildman–Crippen LogP) is 7.55. The molecule has 0 unspecified atom stereocenters. The van der Waals surface area contributed by atoms with Gasteiger partial charge in [0.25, 0.3) is 0 Å². The number of hydrogen-bond donors (Lipinski definition) is 0. The molecular formula is C31H29IrN3O-2. The molecule has 0 bridgehead atoms. The van der Waals surface area contributed by atoms with Crippen molar-refractivity contribution < 1.29 is 24.5 Å². The van der Waals surface area contributed by atoms with E-state index in [0.717, 1.165) is 52.2 Å². The third-order valence-electron chi connectivity index (χ3n) is 6.45. The summed E-state index contributed by atoms with van der Waals surface area (Å²) in [5, 5.41) is 0. The Balaban J connectivity index is 0.000000198. The minimum absolute atomic E-state index is 0. The van der Waals surface area contributed by atoms with Crippen LogP contribution in [0.3, 0.4) is 0 Å². The summed E-state index contributed by atoms with van der Waals surface area (Å²) >= 11 is 0. The fourth-order valence-electron chi connectivity index (χ4n) is 4.65. The van der Waals surface area contributed by atoms with Gasteiger partial charge in [-0.25, -0.2) is 0 Å². The van der Waals surface area contributed by atoms with Crippen LogP contribution in [0.5, 0.6) is 0 Å². The number of aromatic nitrogens is 3. The monoisotopic (exact) mass is 652 g/mol. The molecule has 1 aliphatic rings. The molecule has 0 saturated carbocycles. The molecule has 4 nitrogen and oxygen atoms in total. The zero-order valence-electron chi connectivity index (χ0n) is 20.8. The number of rotatable bonds is 3. The normalized spacial score (nSPS) is 12.4. The second-order valence-electron chi connectivity index (χ2n) is 9.24. The largest absolute Gasteiger partial charge is 0.517 e. The van der Waals surface area contributed by atoms with Crippen LogP contribution in [0.15, 0.2) is 71.5 Å². The van der Waals surface area contributed by atoms with Gasteiger partial charge in [-0.3, -0.25) is 4.98 Å². The molecule has 0 saturated heterocycles. The van der Waals surface area contributed by atoms with Crippen molar-refractivity contribution in [2.45, 2.75) is 52.4 Å². The van der Waals surface area contributed by atoms with Crippen LogP contribution in [-0.4, -0.2) is 15.0 Å². The molecule has 0 spiro atoms. The Kier molecular flexibility index (Phi) is 8.45. The van der Waals surface area contributed by atoms with E-state index in [1.165, 1.54) is 29.5 Å². The van der Waals surface area contributed by atoms with Gasteiger partial charge in [-0.1, -0.05) is 37.6 Å². The van der Waals surface area contributed by atoms with Gasteiger partial charge in [0.2, 0.25) is 0 Å². The molecule has 1 radical (unpaired) electrons. The molecule has 1 aliphatic carbocycles. The molecule has 1 aromatic carbocycles. The number of furan rings is 1. The van der Waals surface area contributed by atoms with Crippen molar-refractivity contribution in [3.63, 3.8) is 0 Å². The minimum atomic E-state index is 0. The Hall–Kier alpha value is -3.14. The van der Waals surface area contributed by atoms with Crippen LogP contribution in [0.1, 0.15) is 55.1 Å². The maximum absolute atomic E-state index is 6.17. The van der Waals surface area contributed by atoms with Crippen LogP contribution in [0, 0.1) is 19.1 Å². The zero-order valence-corrected chi connectivity index (χ0v) is 23.2. The number of hydrogen-bond acceptors (Lipinski definition) is 4. The third kappa shape index (κ3) is 5.48. The molecule has 5 aromatic rings. The van der Waals surface area contributed by atoms with Crippen molar-refractivity contribution in [2.75, 3.05) is 0 Å². The smallest absolute Gasteiger partial charge is 0.0915 e. The van der Waals surface area contributed by atoms with E-state index < -0.39 is 0 Å². The first-order valence-electron chi connectivity index (χ1n) is 12.3. The average molecular weight is 652 g/mol. The van der Waals surface area contributed by atoms with E-state index in [9.17, 15) is 0 Å². The Morgan fingerprint density at radius 3 is 2.50 bits per heavy atom. The van der Waals surface area contributed by atoms with Gasteiger partial charge in [-0.05, 0) is 61.3 Å². The molecule has 0 aliphatic heterocycles. The summed E-state index contributed by atoms with van der Waals surface area (Å²) in [7, 11) is 0. The minimum Gasteiger partial charge on any atom is -0.517 e. The summed E-state index contributed by atoms with van der Waals surface area (Å²) in [4.78, 5) is 13.4. The van der Waals surface area contributed by atoms with Gasteiger partial charge < -0.3 is 14.4 Å². The molecule has 185 valence electrons. The van der Waals surface area contributed by atoms with E-state index >= 15 is 0 Å². The number of pyridine rings is 3. The Labute approximate surface area is 226 Å². The summed E-state index contributed by atoms with van der Waals surface area (Å²) in [6.45, 7) is 6.54. The van der Waals surface area contributed by atoms with Crippen molar-refractivity contribution in [3.05, 3.63) is 102 Å². The standard InChI is InChI=1S/C20H21N2O.C11H8N.Ir/c1-12(2)16-10-17(22-11-13(16)3)14-8-9-21-19-15-6-4-5-7-18(15)23-20(14)19;1-2-6-10(7-3-1)11-8-4-5-9-12-11;/h9-12H,4-7H2,1-3H3;1-6,8-9H;/q2*-1;.